The summed E-state index contributed by atoms with van der Waals surface area (Å²) in [5, 5.41) is 5.15. The lowest BCUT2D eigenvalue weighted by atomic mass is 10.3. The minimum Gasteiger partial charge on any atom is -0.337 e. The highest BCUT2D eigenvalue weighted by molar-refractivity contribution is 14.1. The van der Waals surface area contributed by atoms with Gasteiger partial charge < -0.3 is 10.2 Å². The number of likely N-dealkylation sites (N-methyl/N-ethyl adjacent to an activating group) is 1. The first-order chi connectivity index (χ1) is 7.20. The van der Waals surface area contributed by atoms with E-state index in [4.69, 9.17) is 0 Å². The summed E-state index contributed by atoms with van der Waals surface area (Å²) in [5.41, 5.74) is 0.834. The third kappa shape index (κ3) is 3.09. The minimum absolute atomic E-state index is 0. The predicted molar refractivity (Wildman–Crippen MR) is 77.7 cm³/mol. The molecule has 2 rings (SSSR count). The number of hydrogen-bond donors (Lipinski definition) is 1. The van der Waals surface area contributed by atoms with Crippen LogP contribution < -0.4 is 5.32 Å². The first-order valence-electron chi connectivity index (χ1n) is 4.91. The molecule has 16 heavy (non-hydrogen) atoms. The Bertz CT molecular complexity index is 371. The van der Waals surface area contributed by atoms with Crippen molar-refractivity contribution in [2.24, 2.45) is 0 Å². The van der Waals surface area contributed by atoms with Gasteiger partial charge in [0.15, 0.2) is 0 Å². The van der Waals surface area contributed by atoms with Crippen molar-refractivity contribution >= 4 is 52.2 Å². The Hall–Kier alpha value is 0.150. The van der Waals surface area contributed by atoms with Crippen molar-refractivity contribution in [3.8, 4) is 0 Å². The Morgan fingerprint density at radius 3 is 2.94 bits per heavy atom. The number of thiophene rings is 1. The fourth-order valence-corrected chi connectivity index (χ4v) is 3.11. The summed E-state index contributed by atoms with van der Waals surface area (Å²) >= 11 is 3.87. The summed E-state index contributed by atoms with van der Waals surface area (Å²) in [5.74, 6) is 0.173. The molecule has 1 fully saturated rings. The number of halogens is 2. The van der Waals surface area contributed by atoms with Crippen molar-refractivity contribution in [2.75, 3.05) is 20.1 Å². The second-order valence-electron chi connectivity index (χ2n) is 3.66. The fourth-order valence-electron chi connectivity index (χ4n) is 1.79. The first kappa shape index (κ1) is 14.2. The van der Waals surface area contributed by atoms with E-state index >= 15 is 0 Å². The van der Waals surface area contributed by atoms with Crippen LogP contribution in [0.5, 0.6) is 0 Å². The van der Waals surface area contributed by atoms with E-state index in [1.165, 1.54) is 2.88 Å². The quantitative estimate of drug-likeness (QED) is 0.807. The summed E-state index contributed by atoms with van der Waals surface area (Å²) < 4.78 is 1.17. The summed E-state index contributed by atoms with van der Waals surface area (Å²) in [7, 11) is 1.95. The number of carbonyl (C=O) groups is 1. The van der Waals surface area contributed by atoms with Crippen molar-refractivity contribution < 1.29 is 4.79 Å². The highest BCUT2D eigenvalue weighted by Crippen LogP contribution is 2.20. The molecule has 0 aliphatic carbocycles. The highest BCUT2D eigenvalue weighted by Gasteiger charge is 2.26. The van der Waals surface area contributed by atoms with Gasteiger partial charge in [-0.05, 0) is 42.1 Å². The van der Waals surface area contributed by atoms with Crippen LogP contribution in [-0.2, 0) is 0 Å². The maximum Gasteiger partial charge on any atom is 0.254 e. The molecule has 0 bridgehead atoms. The number of amides is 1. The topological polar surface area (TPSA) is 32.3 Å². The Balaban J connectivity index is 0.00000128. The number of hydrogen-bond acceptors (Lipinski definition) is 3. The number of nitrogens with zero attached hydrogens (tertiary/aromatic N) is 1. The van der Waals surface area contributed by atoms with Gasteiger partial charge in [-0.25, -0.2) is 0 Å². The molecule has 1 N–H and O–H groups in total. The molecule has 3 nitrogen and oxygen atoms in total. The van der Waals surface area contributed by atoms with Crippen LogP contribution in [0.3, 0.4) is 0 Å². The maximum atomic E-state index is 12.0. The molecule has 6 heteroatoms. The summed E-state index contributed by atoms with van der Waals surface area (Å²) in [6.45, 7) is 1.71. The molecular weight excluding hydrogens is 359 g/mol. The first-order valence-corrected chi connectivity index (χ1v) is 6.87. The van der Waals surface area contributed by atoms with Gasteiger partial charge in [-0.2, -0.15) is 0 Å². The van der Waals surface area contributed by atoms with E-state index in [2.05, 4.69) is 27.9 Å². The van der Waals surface area contributed by atoms with Crippen LogP contribution in [0.4, 0.5) is 0 Å². The largest absolute Gasteiger partial charge is 0.337 e. The van der Waals surface area contributed by atoms with E-state index in [0.717, 1.165) is 25.1 Å². The second kappa shape index (κ2) is 6.18. The van der Waals surface area contributed by atoms with Gasteiger partial charge in [0.25, 0.3) is 5.91 Å². The van der Waals surface area contributed by atoms with Crippen molar-refractivity contribution in [2.45, 2.75) is 12.5 Å². The van der Waals surface area contributed by atoms with E-state index < -0.39 is 0 Å². The van der Waals surface area contributed by atoms with Crippen LogP contribution in [-0.4, -0.2) is 37.0 Å². The molecule has 0 spiro atoms. The number of nitrogens with one attached hydrogen (secondary N) is 1. The average molecular weight is 373 g/mol. The van der Waals surface area contributed by atoms with Crippen LogP contribution in [0, 0.1) is 2.88 Å². The van der Waals surface area contributed by atoms with E-state index in [-0.39, 0.29) is 18.3 Å². The molecule has 1 unspecified atom stereocenters. The molecular formula is C10H14ClIN2OS. The molecule has 1 amide bonds. The molecule has 0 aromatic carbocycles. The van der Waals surface area contributed by atoms with Crippen LogP contribution in [0.1, 0.15) is 16.8 Å². The van der Waals surface area contributed by atoms with Gasteiger partial charge in [0.2, 0.25) is 0 Å². The lowest BCUT2D eigenvalue weighted by Crippen LogP contribution is -2.33. The third-order valence-corrected chi connectivity index (χ3v) is 4.49. The van der Waals surface area contributed by atoms with E-state index in [1.807, 2.05) is 23.4 Å². The number of rotatable bonds is 2. The summed E-state index contributed by atoms with van der Waals surface area (Å²) in [6, 6.07) is 2.42. The van der Waals surface area contributed by atoms with Crippen molar-refractivity contribution in [3.05, 3.63) is 19.9 Å². The molecule has 1 atom stereocenters. The lowest BCUT2D eigenvalue weighted by molar-refractivity contribution is 0.0790. The molecule has 2 heterocycles. The molecule has 0 radical (unpaired) electrons. The predicted octanol–water partition coefficient (Wildman–Crippen LogP) is 2.21. The summed E-state index contributed by atoms with van der Waals surface area (Å²) in [4.78, 5) is 14.0. The summed E-state index contributed by atoms with van der Waals surface area (Å²) in [6.07, 6.45) is 1.06. The SMILES string of the molecule is CNC1CCN(C(=O)c2csc(I)c2)C1.Cl. The van der Waals surface area contributed by atoms with Crippen molar-refractivity contribution in [3.63, 3.8) is 0 Å². The van der Waals surface area contributed by atoms with Gasteiger partial charge in [-0.15, -0.1) is 23.7 Å². The molecule has 1 aliphatic heterocycles. The van der Waals surface area contributed by atoms with Gasteiger partial charge in [0.05, 0.1) is 8.45 Å². The smallest absolute Gasteiger partial charge is 0.254 e. The van der Waals surface area contributed by atoms with Crippen LogP contribution in [0.25, 0.3) is 0 Å². The zero-order valence-electron chi connectivity index (χ0n) is 8.90. The van der Waals surface area contributed by atoms with Gasteiger partial charge in [-0.3, -0.25) is 4.79 Å². The number of carbonyl (C=O) groups excluding carboxylic acids is 1. The standard InChI is InChI=1S/C10H13IN2OS.ClH/c1-12-8-2-3-13(5-8)10(14)7-4-9(11)15-6-7;/h4,6,8,12H,2-3,5H2,1H3;1H. The van der Waals surface area contributed by atoms with Crippen molar-refractivity contribution in [1.29, 1.82) is 0 Å². The Kier molecular flexibility index (Phi) is 5.49. The van der Waals surface area contributed by atoms with Crippen LogP contribution >= 0.6 is 46.3 Å². The lowest BCUT2D eigenvalue weighted by Gasteiger charge is -2.15. The van der Waals surface area contributed by atoms with E-state index in [1.54, 1.807) is 11.3 Å². The van der Waals surface area contributed by atoms with E-state index in [9.17, 15) is 4.79 Å². The molecule has 1 aromatic rings. The monoisotopic (exact) mass is 372 g/mol. The van der Waals surface area contributed by atoms with Gasteiger partial charge >= 0.3 is 0 Å². The minimum atomic E-state index is 0. The molecule has 90 valence electrons. The second-order valence-corrected chi connectivity index (χ2v) is 6.47. The molecule has 1 aliphatic rings. The Morgan fingerprint density at radius 1 is 1.69 bits per heavy atom. The fraction of sp³-hybridized carbons (Fsp3) is 0.500. The van der Waals surface area contributed by atoms with Gasteiger partial charge in [-0.1, -0.05) is 0 Å². The van der Waals surface area contributed by atoms with Crippen LogP contribution in [0.15, 0.2) is 11.4 Å². The molecule has 1 saturated heterocycles. The van der Waals surface area contributed by atoms with Gasteiger partial charge in [0.1, 0.15) is 0 Å². The molecule has 1 aromatic heterocycles. The van der Waals surface area contributed by atoms with Gasteiger partial charge in [0, 0.05) is 24.5 Å². The van der Waals surface area contributed by atoms with Crippen molar-refractivity contribution in [1.82, 2.24) is 10.2 Å². The highest BCUT2D eigenvalue weighted by atomic mass is 127. The Morgan fingerprint density at radius 2 is 2.44 bits per heavy atom. The average Bonchev–Trinajstić information content (AvgIpc) is 2.84. The molecule has 0 saturated carbocycles. The normalized spacial score (nSPS) is 19.6. The third-order valence-electron chi connectivity index (χ3n) is 2.70. The number of likely N-dealkylation sites (tertiary alicyclic amines) is 1. The zero-order chi connectivity index (χ0) is 10.8. The Labute approximate surface area is 119 Å². The van der Waals surface area contributed by atoms with E-state index in [0.29, 0.717) is 6.04 Å². The zero-order valence-corrected chi connectivity index (χ0v) is 12.7. The van der Waals surface area contributed by atoms with Crippen LogP contribution in [0.2, 0.25) is 0 Å². The maximum absolute atomic E-state index is 12.0.